The van der Waals surface area contributed by atoms with Gasteiger partial charge in [-0.1, -0.05) is 24.3 Å². The fraction of sp³-hybridized carbons (Fsp3) is 0.462. The molecule has 3 N–H and O–H groups in total. The van der Waals surface area contributed by atoms with E-state index in [-0.39, 0.29) is 18.5 Å². The first-order valence-electron chi connectivity index (χ1n) is 6.01. The Hall–Kier alpha value is -1.04. The third kappa shape index (κ3) is 3.25. The molecule has 0 bridgehead atoms. The Morgan fingerprint density at radius 3 is 3.06 bits per heavy atom. The minimum absolute atomic E-state index is 0.0346. The van der Waals surface area contributed by atoms with Crippen molar-refractivity contribution in [2.45, 2.75) is 19.1 Å². The maximum atomic E-state index is 11.8. The highest BCUT2D eigenvalue weighted by molar-refractivity contribution is 7.99. The molecule has 1 saturated heterocycles. The smallest absolute Gasteiger partial charge is 0.238 e. The van der Waals surface area contributed by atoms with E-state index in [1.165, 1.54) is 0 Å². The lowest BCUT2D eigenvalue weighted by molar-refractivity contribution is -0.122. The van der Waals surface area contributed by atoms with Crippen LogP contribution < -0.4 is 10.6 Å². The lowest BCUT2D eigenvalue weighted by Crippen LogP contribution is -2.43. The van der Waals surface area contributed by atoms with E-state index in [0.29, 0.717) is 0 Å². The summed E-state index contributed by atoms with van der Waals surface area (Å²) in [5, 5.41) is 15.9. The average Bonchev–Trinajstić information content (AvgIpc) is 2.90. The van der Waals surface area contributed by atoms with Gasteiger partial charge in [0.05, 0.1) is 12.1 Å². The highest BCUT2D eigenvalue weighted by Gasteiger charge is 2.22. The van der Waals surface area contributed by atoms with Crippen LogP contribution in [0.5, 0.6) is 0 Å². The predicted octanol–water partition coefficient (Wildman–Crippen LogP) is 0.807. The lowest BCUT2D eigenvalue weighted by Gasteiger charge is -2.16. The number of aliphatic hydroxyl groups excluding tert-OH is 1. The molecular weight excluding hydrogens is 248 g/mol. The zero-order valence-corrected chi connectivity index (χ0v) is 11.2. The van der Waals surface area contributed by atoms with Crippen molar-refractivity contribution in [3.05, 3.63) is 35.4 Å². The molecule has 18 heavy (non-hydrogen) atoms. The van der Waals surface area contributed by atoms with Crippen LogP contribution in [0.25, 0.3) is 0 Å². The Labute approximate surface area is 111 Å². The van der Waals surface area contributed by atoms with Gasteiger partial charge in [0.25, 0.3) is 0 Å². The molecule has 0 aliphatic carbocycles. The molecule has 0 unspecified atom stereocenters. The van der Waals surface area contributed by atoms with Crippen LogP contribution in [0.4, 0.5) is 0 Å². The van der Waals surface area contributed by atoms with E-state index < -0.39 is 6.10 Å². The number of hydrogen-bond donors (Lipinski definition) is 3. The molecule has 98 valence electrons. The van der Waals surface area contributed by atoms with Crippen LogP contribution in [-0.4, -0.2) is 35.2 Å². The molecule has 0 spiro atoms. The molecule has 1 amide bonds. The number of carbonyl (C=O) groups is 1. The summed E-state index contributed by atoms with van der Waals surface area (Å²) in [7, 11) is 0. The average molecular weight is 266 g/mol. The van der Waals surface area contributed by atoms with E-state index in [1.807, 2.05) is 31.2 Å². The minimum Gasteiger partial charge on any atom is -0.387 e. The van der Waals surface area contributed by atoms with Crippen molar-refractivity contribution in [2.24, 2.45) is 0 Å². The van der Waals surface area contributed by atoms with Gasteiger partial charge in [0.1, 0.15) is 0 Å². The Balaban J connectivity index is 1.86. The molecular formula is C13H18N2O2S. The molecule has 0 aromatic heterocycles. The zero-order chi connectivity index (χ0) is 13.0. The Morgan fingerprint density at radius 1 is 1.61 bits per heavy atom. The number of carbonyl (C=O) groups excluding carboxylic acids is 1. The van der Waals surface area contributed by atoms with E-state index >= 15 is 0 Å². The molecule has 1 fully saturated rings. The van der Waals surface area contributed by atoms with E-state index in [4.69, 9.17) is 0 Å². The number of aliphatic hydroxyl groups is 1. The summed E-state index contributed by atoms with van der Waals surface area (Å²) in [5.41, 5.74) is 1.90. The summed E-state index contributed by atoms with van der Waals surface area (Å²) in [6, 6.07) is 7.54. The number of thioether (sulfide) groups is 1. The molecule has 0 saturated carbocycles. The summed E-state index contributed by atoms with van der Waals surface area (Å²) in [4.78, 5) is 11.8. The number of nitrogens with one attached hydrogen (secondary N) is 2. The number of hydrogen-bond acceptors (Lipinski definition) is 4. The molecule has 1 heterocycles. The number of aryl methyl sites for hydroxylation is 1. The quantitative estimate of drug-likeness (QED) is 0.754. The largest absolute Gasteiger partial charge is 0.387 e. The fourth-order valence-corrected chi connectivity index (χ4v) is 2.90. The van der Waals surface area contributed by atoms with Gasteiger partial charge in [-0.05, 0) is 18.1 Å². The van der Waals surface area contributed by atoms with Gasteiger partial charge in [-0.3, -0.25) is 10.1 Å². The fourth-order valence-electron chi connectivity index (χ4n) is 1.95. The Kier molecular flexibility index (Phi) is 4.63. The monoisotopic (exact) mass is 266 g/mol. The van der Waals surface area contributed by atoms with Gasteiger partial charge in [0, 0.05) is 18.2 Å². The standard InChI is InChI=1S/C13H18N2O2S/c1-9-4-2-3-5-10(9)12(16)6-14-13(17)11-7-18-8-15-11/h2-5,11-12,15-16H,6-8H2,1H3,(H,14,17)/t11-,12-/m1/s1. The number of amides is 1. The topological polar surface area (TPSA) is 61.4 Å². The third-order valence-corrected chi connectivity index (χ3v) is 3.99. The van der Waals surface area contributed by atoms with E-state index in [9.17, 15) is 9.90 Å². The second-order valence-electron chi connectivity index (χ2n) is 4.39. The van der Waals surface area contributed by atoms with Gasteiger partial charge >= 0.3 is 0 Å². The van der Waals surface area contributed by atoms with Gasteiger partial charge < -0.3 is 10.4 Å². The van der Waals surface area contributed by atoms with Gasteiger partial charge in [-0.25, -0.2) is 0 Å². The zero-order valence-electron chi connectivity index (χ0n) is 10.3. The molecule has 1 aromatic carbocycles. The summed E-state index contributed by atoms with van der Waals surface area (Å²) in [6.45, 7) is 2.21. The van der Waals surface area contributed by atoms with Gasteiger partial charge in [0.15, 0.2) is 0 Å². The molecule has 1 aliphatic heterocycles. The van der Waals surface area contributed by atoms with Gasteiger partial charge in [-0.2, -0.15) is 0 Å². The van der Waals surface area contributed by atoms with E-state index in [1.54, 1.807) is 11.8 Å². The molecule has 1 aliphatic rings. The van der Waals surface area contributed by atoms with Crippen molar-refractivity contribution < 1.29 is 9.90 Å². The molecule has 2 atom stereocenters. The first-order valence-corrected chi connectivity index (χ1v) is 7.16. The van der Waals surface area contributed by atoms with Crippen LogP contribution in [0, 0.1) is 6.92 Å². The number of benzene rings is 1. The lowest BCUT2D eigenvalue weighted by atomic mass is 10.0. The predicted molar refractivity (Wildman–Crippen MR) is 73.4 cm³/mol. The first-order chi connectivity index (χ1) is 8.68. The molecule has 2 rings (SSSR count). The molecule has 5 heteroatoms. The van der Waals surface area contributed by atoms with Crippen molar-refractivity contribution in [1.82, 2.24) is 10.6 Å². The van der Waals surface area contributed by atoms with Crippen LogP contribution in [0.2, 0.25) is 0 Å². The van der Waals surface area contributed by atoms with Crippen molar-refractivity contribution in [3.8, 4) is 0 Å². The van der Waals surface area contributed by atoms with E-state index in [0.717, 1.165) is 22.8 Å². The van der Waals surface area contributed by atoms with Crippen LogP contribution in [0.3, 0.4) is 0 Å². The SMILES string of the molecule is Cc1ccccc1[C@H](O)CNC(=O)[C@H]1CSCN1. The highest BCUT2D eigenvalue weighted by Crippen LogP contribution is 2.16. The second-order valence-corrected chi connectivity index (χ2v) is 5.42. The molecule has 1 aromatic rings. The van der Waals surface area contributed by atoms with Gasteiger partial charge in [0.2, 0.25) is 5.91 Å². The van der Waals surface area contributed by atoms with Crippen molar-refractivity contribution in [2.75, 3.05) is 18.2 Å². The highest BCUT2D eigenvalue weighted by atomic mass is 32.2. The number of rotatable bonds is 4. The Morgan fingerprint density at radius 2 is 2.39 bits per heavy atom. The third-order valence-electron chi connectivity index (χ3n) is 3.05. The van der Waals surface area contributed by atoms with E-state index in [2.05, 4.69) is 10.6 Å². The normalized spacial score (nSPS) is 20.7. The first kappa shape index (κ1) is 13.4. The summed E-state index contributed by atoms with van der Waals surface area (Å²) in [6.07, 6.45) is -0.649. The van der Waals surface area contributed by atoms with Gasteiger partial charge in [-0.15, -0.1) is 11.8 Å². The minimum atomic E-state index is -0.649. The van der Waals surface area contributed by atoms with Crippen LogP contribution in [0.15, 0.2) is 24.3 Å². The van der Waals surface area contributed by atoms with Crippen molar-refractivity contribution in [1.29, 1.82) is 0 Å². The Bertz CT molecular complexity index is 419. The summed E-state index contributed by atoms with van der Waals surface area (Å²) in [5.74, 6) is 1.58. The van der Waals surface area contributed by atoms with Crippen LogP contribution in [-0.2, 0) is 4.79 Å². The molecule has 0 radical (unpaired) electrons. The maximum Gasteiger partial charge on any atom is 0.238 e. The summed E-state index contributed by atoms with van der Waals surface area (Å²) >= 11 is 1.71. The second kappa shape index (κ2) is 6.22. The summed E-state index contributed by atoms with van der Waals surface area (Å²) < 4.78 is 0. The van der Waals surface area contributed by atoms with Crippen molar-refractivity contribution >= 4 is 17.7 Å². The maximum absolute atomic E-state index is 11.8. The molecule has 4 nitrogen and oxygen atoms in total. The van der Waals surface area contributed by atoms with Crippen LogP contribution >= 0.6 is 11.8 Å². The van der Waals surface area contributed by atoms with Crippen molar-refractivity contribution in [3.63, 3.8) is 0 Å². The van der Waals surface area contributed by atoms with Crippen LogP contribution in [0.1, 0.15) is 17.2 Å².